The first-order chi connectivity index (χ1) is 12.6. The van der Waals surface area contributed by atoms with Crippen molar-refractivity contribution in [2.75, 3.05) is 5.32 Å². The number of H-pyrrole nitrogens is 1. The van der Waals surface area contributed by atoms with Crippen LogP contribution in [0.15, 0.2) is 53.7 Å². The summed E-state index contributed by atoms with van der Waals surface area (Å²) in [4.78, 5) is 16.8. The number of thioether (sulfide) groups is 1. The van der Waals surface area contributed by atoms with Gasteiger partial charge in [-0.05, 0) is 26.0 Å². The first-order valence-electron chi connectivity index (χ1n) is 8.03. The fourth-order valence-corrected chi connectivity index (χ4v) is 3.00. The number of nitrogens with one attached hydrogen (secondary N) is 2. The van der Waals surface area contributed by atoms with Crippen LogP contribution in [0.5, 0.6) is 0 Å². The Morgan fingerprint density at radius 2 is 1.96 bits per heavy atom. The molecular weight excluding hydrogens is 346 g/mol. The van der Waals surface area contributed by atoms with Crippen molar-refractivity contribution < 1.29 is 4.79 Å². The number of rotatable bonds is 5. The number of carbonyl (C=O) groups is 1. The van der Waals surface area contributed by atoms with E-state index in [-0.39, 0.29) is 5.91 Å². The molecule has 0 fully saturated rings. The summed E-state index contributed by atoms with van der Waals surface area (Å²) >= 11 is 1.25. The normalized spacial score (nSPS) is 11.6. The molecule has 0 aliphatic rings. The maximum absolute atomic E-state index is 12.4. The van der Waals surface area contributed by atoms with Gasteiger partial charge in [0.25, 0.3) is 0 Å². The van der Waals surface area contributed by atoms with E-state index in [0.29, 0.717) is 22.2 Å². The number of aryl methyl sites for hydroxylation is 1. The number of aromatic nitrogens is 3. The smallest absolute Gasteiger partial charge is 0.237 e. The quantitative estimate of drug-likeness (QED) is 0.673. The third-order valence-corrected chi connectivity index (χ3v) is 4.71. The van der Waals surface area contributed by atoms with Crippen molar-refractivity contribution in [1.82, 2.24) is 15.2 Å². The summed E-state index contributed by atoms with van der Waals surface area (Å²) in [5, 5.41) is 19.0. The number of hydrogen-bond donors (Lipinski definition) is 2. The van der Waals surface area contributed by atoms with Gasteiger partial charge in [0.15, 0.2) is 5.82 Å². The Hall–Kier alpha value is -3.11. The summed E-state index contributed by atoms with van der Waals surface area (Å²) in [5.74, 6) is 0.453. The molecule has 0 aliphatic heterocycles. The summed E-state index contributed by atoms with van der Waals surface area (Å²) < 4.78 is 0. The van der Waals surface area contributed by atoms with E-state index in [1.54, 1.807) is 31.2 Å². The second kappa shape index (κ2) is 7.85. The number of para-hydroxylation sites is 1. The summed E-state index contributed by atoms with van der Waals surface area (Å²) in [6.45, 7) is 3.80. The average molecular weight is 363 g/mol. The molecule has 3 aromatic rings. The van der Waals surface area contributed by atoms with Gasteiger partial charge in [-0.15, -0.1) is 5.10 Å². The number of nitrogens with zero attached hydrogens (tertiary/aromatic N) is 3. The van der Waals surface area contributed by atoms with Crippen LogP contribution in [-0.4, -0.2) is 26.3 Å². The predicted octanol–water partition coefficient (Wildman–Crippen LogP) is 3.77. The Labute approximate surface area is 155 Å². The monoisotopic (exact) mass is 363 g/mol. The highest BCUT2D eigenvalue weighted by molar-refractivity contribution is 8.00. The van der Waals surface area contributed by atoms with Crippen molar-refractivity contribution in [2.45, 2.75) is 24.3 Å². The molecule has 130 valence electrons. The molecule has 1 amide bonds. The molecule has 2 N–H and O–H groups in total. The fourth-order valence-electron chi connectivity index (χ4n) is 2.28. The van der Waals surface area contributed by atoms with Crippen molar-refractivity contribution in [3.05, 3.63) is 59.7 Å². The molecular formula is C19H17N5OS. The number of amides is 1. The first kappa shape index (κ1) is 17.7. The topological polar surface area (TPSA) is 94.5 Å². The number of nitriles is 1. The SMILES string of the molecule is Cc1ccc(-c2nc(SC(C)C(=O)Nc3ccccc3C#N)n[nH]2)cc1. The highest BCUT2D eigenvalue weighted by atomic mass is 32.2. The van der Waals surface area contributed by atoms with Crippen LogP contribution in [0.25, 0.3) is 11.4 Å². The highest BCUT2D eigenvalue weighted by Crippen LogP contribution is 2.24. The van der Waals surface area contributed by atoms with Crippen LogP contribution in [-0.2, 0) is 4.79 Å². The lowest BCUT2D eigenvalue weighted by Crippen LogP contribution is -2.23. The number of benzene rings is 2. The molecule has 6 nitrogen and oxygen atoms in total. The van der Waals surface area contributed by atoms with E-state index in [2.05, 4.69) is 26.6 Å². The van der Waals surface area contributed by atoms with E-state index < -0.39 is 5.25 Å². The molecule has 0 bridgehead atoms. The minimum absolute atomic E-state index is 0.209. The molecule has 0 spiro atoms. The van der Waals surface area contributed by atoms with Gasteiger partial charge >= 0.3 is 0 Å². The first-order valence-corrected chi connectivity index (χ1v) is 8.91. The zero-order valence-corrected chi connectivity index (χ0v) is 15.2. The van der Waals surface area contributed by atoms with E-state index in [1.165, 1.54) is 17.3 Å². The molecule has 26 heavy (non-hydrogen) atoms. The van der Waals surface area contributed by atoms with Crippen LogP contribution in [0, 0.1) is 18.3 Å². The van der Waals surface area contributed by atoms with Crippen molar-refractivity contribution in [1.29, 1.82) is 5.26 Å². The van der Waals surface area contributed by atoms with Gasteiger partial charge in [0.2, 0.25) is 11.1 Å². The Morgan fingerprint density at radius 3 is 2.69 bits per heavy atom. The Bertz CT molecular complexity index is 959. The van der Waals surface area contributed by atoms with Crippen LogP contribution >= 0.6 is 11.8 Å². The molecule has 0 saturated heterocycles. The molecule has 2 aromatic carbocycles. The third kappa shape index (κ3) is 4.10. The number of aromatic amines is 1. The zero-order chi connectivity index (χ0) is 18.5. The van der Waals surface area contributed by atoms with E-state index in [4.69, 9.17) is 5.26 Å². The van der Waals surface area contributed by atoms with Crippen LogP contribution in [0.2, 0.25) is 0 Å². The second-order valence-electron chi connectivity index (χ2n) is 5.74. The van der Waals surface area contributed by atoms with Gasteiger partial charge in [-0.25, -0.2) is 4.98 Å². The van der Waals surface area contributed by atoms with Gasteiger partial charge in [-0.3, -0.25) is 9.89 Å². The van der Waals surface area contributed by atoms with Gasteiger partial charge < -0.3 is 5.32 Å². The second-order valence-corrected chi connectivity index (χ2v) is 7.05. The molecule has 1 heterocycles. The molecule has 1 unspecified atom stereocenters. The molecule has 7 heteroatoms. The van der Waals surface area contributed by atoms with Crippen LogP contribution in [0.3, 0.4) is 0 Å². The van der Waals surface area contributed by atoms with Crippen molar-refractivity contribution >= 4 is 23.4 Å². The summed E-state index contributed by atoms with van der Waals surface area (Å²) in [6, 6.07) is 16.9. The van der Waals surface area contributed by atoms with E-state index >= 15 is 0 Å². The Morgan fingerprint density at radius 1 is 1.23 bits per heavy atom. The van der Waals surface area contributed by atoms with Crippen LogP contribution < -0.4 is 5.32 Å². The predicted molar refractivity (Wildman–Crippen MR) is 102 cm³/mol. The maximum Gasteiger partial charge on any atom is 0.237 e. The molecule has 1 aromatic heterocycles. The van der Waals surface area contributed by atoms with Gasteiger partial charge in [0.1, 0.15) is 6.07 Å². The molecule has 1 atom stereocenters. The maximum atomic E-state index is 12.4. The van der Waals surface area contributed by atoms with Crippen molar-refractivity contribution in [3.63, 3.8) is 0 Å². The lowest BCUT2D eigenvalue weighted by atomic mass is 10.1. The average Bonchev–Trinajstić information content (AvgIpc) is 3.11. The minimum atomic E-state index is -0.414. The molecule has 0 aliphatic carbocycles. The van der Waals surface area contributed by atoms with E-state index in [9.17, 15) is 4.79 Å². The fraction of sp³-hybridized carbons (Fsp3) is 0.158. The standard InChI is InChI=1S/C19H17N5OS/c1-12-7-9-14(10-8-12)17-22-19(24-23-17)26-13(2)18(25)21-16-6-4-3-5-15(16)11-20/h3-10,13H,1-2H3,(H,21,25)(H,22,23,24). The van der Waals surface area contributed by atoms with Crippen molar-refractivity contribution in [2.24, 2.45) is 0 Å². The number of carbonyl (C=O) groups excluding carboxylic acids is 1. The van der Waals surface area contributed by atoms with Crippen molar-refractivity contribution in [3.8, 4) is 17.5 Å². The van der Waals surface area contributed by atoms with E-state index in [0.717, 1.165) is 5.56 Å². The van der Waals surface area contributed by atoms with Crippen LogP contribution in [0.4, 0.5) is 5.69 Å². The zero-order valence-electron chi connectivity index (χ0n) is 14.4. The van der Waals surface area contributed by atoms with Gasteiger partial charge in [0.05, 0.1) is 16.5 Å². The number of hydrogen-bond acceptors (Lipinski definition) is 5. The van der Waals surface area contributed by atoms with Crippen LogP contribution in [0.1, 0.15) is 18.1 Å². The summed E-state index contributed by atoms with van der Waals surface area (Å²) in [6.07, 6.45) is 0. The lowest BCUT2D eigenvalue weighted by Gasteiger charge is -2.11. The summed E-state index contributed by atoms with van der Waals surface area (Å²) in [5.41, 5.74) is 3.04. The van der Waals surface area contributed by atoms with Gasteiger partial charge in [-0.2, -0.15) is 5.26 Å². The Kier molecular flexibility index (Phi) is 5.34. The highest BCUT2D eigenvalue weighted by Gasteiger charge is 2.18. The molecule has 0 radical (unpaired) electrons. The molecule has 0 saturated carbocycles. The number of anilines is 1. The summed E-state index contributed by atoms with van der Waals surface area (Å²) in [7, 11) is 0. The largest absolute Gasteiger partial charge is 0.324 e. The van der Waals surface area contributed by atoms with Gasteiger partial charge in [-0.1, -0.05) is 53.7 Å². The minimum Gasteiger partial charge on any atom is -0.324 e. The van der Waals surface area contributed by atoms with E-state index in [1.807, 2.05) is 31.2 Å². The third-order valence-electron chi connectivity index (χ3n) is 3.75. The molecule has 3 rings (SSSR count). The Balaban J connectivity index is 1.66. The van der Waals surface area contributed by atoms with Gasteiger partial charge in [0, 0.05) is 5.56 Å². The lowest BCUT2D eigenvalue weighted by molar-refractivity contribution is -0.115.